The van der Waals surface area contributed by atoms with E-state index in [0.717, 1.165) is 10.1 Å². The van der Waals surface area contributed by atoms with E-state index in [0.29, 0.717) is 0 Å². The number of rotatable bonds is 5. The summed E-state index contributed by atoms with van der Waals surface area (Å²) in [5.41, 5.74) is 3.83. The lowest BCUT2D eigenvalue weighted by molar-refractivity contribution is 0.896. The van der Waals surface area contributed by atoms with Gasteiger partial charge in [0.15, 0.2) is 0 Å². The summed E-state index contributed by atoms with van der Waals surface area (Å²) in [5, 5.41) is 6.41. The molecule has 29 heavy (non-hydrogen) atoms. The number of aromatic nitrogens is 1. The molecule has 0 bridgehead atoms. The van der Waals surface area contributed by atoms with Gasteiger partial charge in [0.1, 0.15) is 10.1 Å². The Morgan fingerprint density at radius 3 is 1.66 bits per heavy atom. The maximum absolute atomic E-state index is 4.81. The highest BCUT2D eigenvalue weighted by Gasteiger charge is 2.44. The molecule has 5 rings (SSSR count). The SMILES string of the molecule is C1=C[SH](C(c2ccccc2)(c2ccccc2)c2ccccc2)C(c2nccs2)=N1. The van der Waals surface area contributed by atoms with E-state index < -0.39 is 10.9 Å². The van der Waals surface area contributed by atoms with Crippen LogP contribution in [0.2, 0.25) is 0 Å². The molecule has 4 heteroatoms. The zero-order valence-corrected chi connectivity index (χ0v) is 17.4. The summed E-state index contributed by atoms with van der Waals surface area (Å²) >= 11 is 1.66. The van der Waals surface area contributed by atoms with Crippen molar-refractivity contribution < 1.29 is 0 Å². The Hall–Kier alpha value is -2.95. The van der Waals surface area contributed by atoms with Crippen LogP contribution in [0.5, 0.6) is 0 Å². The summed E-state index contributed by atoms with van der Waals surface area (Å²) in [7, 11) is -0.818. The van der Waals surface area contributed by atoms with Crippen molar-refractivity contribution in [2.45, 2.75) is 4.75 Å². The summed E-state index contributed by atoms with van der Waals surface area (Å²) in [6, 6.07) is 32.5. The molecule has 3 aromatic carbocycles. The van der Waals surface area contributed by atoms with Crippen LogP contribution in [-0.4, -0.2) is 10.0 Å². The van der Waals surface area contributed by atoms with E-state index in [9.17, 15) is 0 Å². The third kappa shape index (κ3) is 3.05. The molecule has 2 heterocycles. The Morgan fingerprint density at radius 2 is 1.21 bits per heavy atom. The standard InChI is InChI=1S/C25H20N2S2/c1-4-10-20(11-5-1)25(21-12-6-2-7-13-21,22-14-8-3-9-15-22)29-19-17-27-24(29)23-26-16-18-28-23/h1-19,29H. The maximum atomic E-state index is 4.81. The summed E-state index contributed by atoms with van der Waals surface area (Å²) in [5.74, 6) is 0. The second-order valence-corrected chi connectivity index (χ2v) is 9.79. The molecule has 0 aliphatic carbocycles. The van der Waals surface area contributed by atoms with E-state index in [1.807, 2.05) is 17.8 Å². The number of benzene rings is 3. The average molecular weight is 413 g/mol. The Morgan fingerprint density at radius 1 is 0.690 bits per heavy atom. The van der Waals surface area contributed by atoms with Gasteiger partial charge in [0.2, 0.25) is 0 Å². The molecular formula is C25H20N2S2. The number of thiazole rings is 1. The Labute approximate surface area is 177 Å². The number of hydrogen-bond acceptors (Lipinski definition) is 3. The van der Waals surface area contributed by atoms with Gasteiger partial charge in [-0.15, -0.1) is 11.3 Å². The first kappa shape index (κ1) is 18.1. The third-order valence-corrected chi connectivity index (χ3v) is 8.84. The van der Waals surface area contributed by atoms with Crippen LogP contribution in [0.25, 0.3) is 0 Å². The van der Waals surface area contributed by atoms with Crippen LogP contribution in [0.4, 0.5) is 0 Å². The molecule has 142 valence electrons. The quantitative estimate of drug-likeness (QED) is 0.299. The van der Waals surface area contributed by atoms with Crippen LogP contribution >= 0.6 is 22.2 Å². The highest BCUT2D eigenvalue weighted by molar-refractivity contribution is 8.34. The molecule has 0 radical (unpaired) electrons. The van der Waals surface area contributed by atoms with Gasteiger partial charge in [0.25, 0.3) is 0 Å². The highest BCUT2D eigenvalue weighted by Crippen LogP contribution is 2.61. The van der Waals surface area contributed by atoms with Crippen LogP contribution in [-0.2, 0) is 4.75 Å². The summed E-state index contributed by atoms with van der Waals surface area (Å²) < 4.78 is -0.337. The van der Waals surface area contributed by atoms with Crippen LogP contribution in [0.1, 0.15) is 21.7 Å². The van der Waals surface area contributed by atoms with Gasteiger partial charge in [-0.2, -0.15) is 10.9 Å². The van der Waals surface area contributed by atoms with E-state index >= 15 is 0 Å². The first-order valence-corrected chi connectivity index (χ1v) is 11.8. The summed E-state index contributed by atoms with van der Waals surface area (Å²) in [6.45, 7) is 0. The minimum atomic E-state index is -0.818. The molecule has 1 unspecified atom stereocenters. The second-order valence-electron chi connectivity index (χ2n) is 6.77. The minimum absolute atomic E-state index is 0.337. The van der Waals surface area contributed by atoms with Crippen molar-refractivity contribution in [1.29, 1.82) is 0 Å². The van der Waals surface area contributed by atoms with Gasteiger partial charge in [-0.1, -0.05) is 91.0 Å². The first-order valence-electron chi connectivity index (χ1n) is 9.51. The Bertz CT molecular complexity index is 1040. The lowest BCUT2D eigenvalue weighted by atomic mass is 9.84. The molecule has 1 aliphatic rings. The first-order chi connectivity index (χ1) is 14.4. The zero-order valence-electron chi connectivity index (χ0n) is 15.7. The van der Waals surface area contributed by atoms with Crippen molar-refractivity contribution in [2.24, 2.45) is 4.99 Å². The van der Waals surface area contributed by atoms with E-state index in [4.69, 9.17) is 4.99 Å². The van der Waals surface area contributed by atoms with Gasteiger partial charge >= 0.3 is 0 Å². The second kappa shape index (κ2) is 7.82. The predicted molar refractivity (Wildman–Crippen MR) is 126 cm³/mol. The monoisotopic (exact) mass is 412 g/mol. The molecule has 2 nitrogen and oxygen atoms in total. The molecule has 0 fully saturated rings. The molecule has 1 aliphatic heterocycles. The van der Waals surface area contributed by atoms with E-state index in [2.05, 4.69) is 101 Å². The van der Waals surface area contributed by atoms with E-state index in [-0.39, 0.29) is 4.75 Å². The molecule has 0 spiro atoms. The largest absolute Gasteiger partial charge is 0.248 e. The Kier molecular flexibility index (Phi) is 4.88. The van der Waals surface area contributed by atoms with Crippen LogP contribution in [0, 0.1) is 0 Å². The van der Waals surface area contributed by atoms with Crippen molar-refractivity contribution >= 4 is 27.3 Å². The summed E-state index contributed by atoms with van der Waals surface area (Å²) in [6.07, 6.45) is 3.83. The topological polar surface area (TPSA) is 25.2 Å². The van der Waals surface area contributed by atoms with Gasteiger partial charge in [-0.3, -0.25) is 0 Å². The lowest BCUT2D eigenvalue weighted by Gasteiger charge is -2.43. The normalized spacial score (nSPS) is 17.2. The van der Waals surface area contributed by atoms with Crippen molar-refractivity contribution in [3.05, 3.63) is 136 Å². The van der Waals surface area contributed by atoms with Crippen molar-refractivity contribution in [2.75, 3.05) is 0 Å². The molecule has 0 N–H and O–H groups in total. The molecule has 0 saturated carbocycles. The minimum Gasteiger partial charge on any atom is -0.248 e. The smallest absolute Gasteiger partial charge is 0.146 e. The highest BCUT2D eigenvalue weighted by atomic mass is 32.2. The van der Waals surface area contributed by atoms with Crippen molar-refractivity contribution in [1.82, 2.24) is 4.98 Å². The fourth-order valence-electron chi connectivity index (χ4n) is 4.02. The fraction of sp³-hybridized carbons (Fsp3) is 0.0400. The number of thiol groups is 1. The average Bonchev–Trinajstić information content (AvgIpc) is 3.49. The predicted octanol–water partition coefficient (Wildman–Crippen LogP) is 6.37. The maximum Gasteiger partial charge on any atom is 0.146 e. The molecule has 4 aromatic rings. The number of nitrogens with zero attached hydrogens (tertiary/aromatic N) is 2. The molecule has 0 saturated heterocycles. The summed E-state index contributed by atoms with van der Waals surface area (Å²) in [4.78, 5) is 9.42. The van der Waals surface area contributed by atoms with Crippen molar-refractivity contribution in [3.8, 4) is 0 Å². The van der Waals surface area contributed by atoms with E-state index in [1.165, 1.54) is 16.7 Å². The van der Waals surface area contributed by atoms with Gasteiger partial charge in [-0.05, 0) is 22.1 Å². The lowest BCUT2D eigenvalue weighted by Crippen LogP contribution is -2.31. The molecule has 1 aromatic heterocycles. The van der Waals surface area contributed by atoms with Gasteiger partial charge in [-0.25, -0.2) is 9.98 Å². The molecular weight excluding hydrogens is 392 g/mol. The molecule has 0 amide bonds. The zero-order chi connectivity index (χ0) is 19.5. The Balaban J connectivity index is 1.84. The van der Waals surface area contributed by atoms with Crippen LogP contribution in [0.15, 0.2) is 119 Å². The number of aliphatic imine (C=N–C) groups is 1. The van der Waals surface area contributed by atoms with Gasteiger partial charge in [0.05, 0.1) is 4.75 Å². The fourth-order valence-corrected chi connectivity index (χ4v) is 7.62. The van der Waals surface area contributed by atoms with Gasteiger partial charge in [0, 0.05) is 17.8 Å². The third-order valence-electron chi connectivity index (χ3n) is 5.20. The van der Waals surface area contributed by atoms with Gasteiger partial charge < -0.3 is 0 Å². The van der Waals surface area contributed by atoms with Crippen LogP contribution < -0.4 is 0 Å². The van der Waals surface area contributed by atoms with Crippen molar-refractivity contribution in [3.63, 3.8) is 0 Å². The number of hydrogen-bond donors (Lipinski definition) is 1. The van der Waals surface area contributed by atoms with E-state index in [1.54, 1.807) is 11.3 Å². The van der Waals surface area contributed by atoms with Crippen LogP contribution in [0.3, 0.4) is 0 Å². The molecule has 1 atom stereocenters.